The minimum absolute atomic E-state index is 0.0334. The first-order valence-electron chi connectivity index (χ1n) is 12.4. The van der Waals surface area contributed by atoms with Gasteiger partial charge in [-0.3, -0.25) is 4.79 Å². The van der Waals surface area contributed by atoms with Gasteiger partial charge in [0.25, 0.3) is 0 Å². The van der Waals surface area contributed by atoms with Crippen molar-refractivity contribution < 1.29 is 24.2 Å². The second kappa shape index (κ2) is 8.70. The zero-order valence-corrected chi connectivity index (χ0v) is 20.3. The summed E-state index contributed by atoms with van der Waals surface area (Å²) < 4.78 is 5.73. The molecule has 0 bridgehead atoms. The number of hydrogen-bond acceptors (Lipinski definition) is 4. The van der Waals surface area contributed by atoms with Crippen molar-refractivity contribution in [2.24, 2.45) is 5.41 Å². The normalized spacial score (nSPS) is 21.5. The van der Waals surface area contributed by atoms with Crippen molar-refractivity contribution >= 4 is 18.0 Å². The second-order valence-electron chi connectivity index (χ2n) is 10.9. The Morgan fingerprint density at radius 2 is 1.57 bits per heavy atom. The number of amides is 2. The molecule has 1 heterocycles. The first-order chi connectivity index (χ1) is 16.7. The summed E-state index contributed by atoms with van der Waals surface area (Å²) >= 11 is 0. The molecule has 0 aromatic heterocycles. The summed E-state index contributed by atoms with van der Waals surface area (Å²) in [7, 11) is 0. The highest BCUT2D eigenvalue weighted by atomic mass is 16.5. The molecule has 35 heavy (non-hydrogen) atoms. The Labute approximate surface area is 205 Å². The highest BCUT2D eigenvalue weighted by Gasteiger charge is 2.53. The number of carboxylic acids is 1. The third kappa shape index (κ3) is 4.17. The van der Waals surface area contributed by atoms with Crippen LogP contribution in [0.3, 0.4) is 0 Å². The number of nitrogens with zero attached hydrogens (tertiary/aromatic N) is 1. The monoisotopic (exact) mass is 476 g/mol. The molecule has 184 valence electrons. The molecular formula is C28H32N2O5. The number of likely N-dealkylation sites (tertiary alicyclic amines) is 1. The minimum Gasteiger partial charge on any atom is -0.480 e. The molecule has 3 aliphatic rings. The third-order valence-corrected chi connectivity index (χ3v) is 7.95. The van der Waals surface area contributed by atoms with Gasteiger partial charge in [0.2, 0.25) is 5.91 Å². The quantitative estimate of drug-likeness (QED) is 0.638. The molecule has 1 aliphatic heterocycles. The van der Waals surface area contributed by atoms with Gasteiger partial charge in [-0.1, -0.05) is 75.2 Å². The number of hydrogen-bond donors (Lipinski definition) is 2. The number of fused-ring (bicyclic) bond motifs is 3. The van der Waals surface area contributed by atoms with E-state index in [-0.39, 0.29) is 24.9 Å². The lowest BCUT2D eigenvalue weighted by Crippen LogP contribution is -2.68. The van der Waals surface area contributed by atoms with Crippen LogP contribution < -0.4 is 5.32 Å². The Morgan fingerprint density at radius 1 is 1.00 bits per heavy atom. The van der Waals surface area contributed by atoms with Crippen LogP contribution in [0.4, 0.5) is 4.79 Å². The lowest BCUT2D eigenvalue weighted by atomic mass is 9.74. The van der Waals surface area contributed by atoms with E-state index in [1.165, 1.54) is 16.0 Å². The number of alkyl carbamates (subject to hydrolysis) is 1. The van der Waals surface area contributed by atoms with Crippen LogP contribution in [0.5, 0.6) is 0 Å². The van der Waals surface area contributed by atoms with Crippen molar-refractivity contribution in [3.05, 3.63) is 59.7 Å². The molecule has 1 saturated carbocycles. The fourth-order valence-corrected chi connectivity index (χ4v) is 6.27. The highest BCUT2D eigenvalue weighted by molar-refractivity contribution is 5.87. The van der Waals surface area contributed by atoms with Crippen molar-refractivity contribution in [2.75, 3.05) is 13.2 Å². The molecule has 2 fully saturated rings. The Bertz CT molecular complexity index is 1120. The van der Waals surface area contributed by atoms with Crippen LogP contribution in [0, 0.1) is 5.41 Å². The average Bonchev–Trinajstić information content (AvgIpc) is 3.38. The molecule has 1 atom stereocenters. The summed E-state index contributed by atoms with van der Waals surface area (Å²) in [5.74, 6) is -1.24. The smallest absolute Gasteiger partial charge is 0.407 e. The Kier molecular flexibility index (Phi) is 5.82. The molecule has 7 nitrogen and oxygen atoms in total. The van der Waals surface area contributed by atoms with Gasteiger partial charge in [-0.05, 0) is 35.1 Å². The molecule has 2 aliphatic carbocycles. The number of ether oxygens (including phenoxy) is 1. The average molecular weight is 477 g/mol. The topological polar surface area (TPSA) is 95.9 Å². The number of nitrogens with one attached hydrogen (secondary N) is 1. The standard InChI is InChI=1S/C28H32N2O5/c1-27(2)17-30(24(27)25(32)33)23(31)15-28(13-7-8-14-28)29-26(34)35-16-22-20-11-5-3-9-18(20)19-10-4-6-12-21(19)22/h3-6,9-12,22,24H,7-8,13-17H2,1-2H3,(H,29,34)(H,32,33). The summed E-state index contributed by atoms with van der Waals surface area (Å²) in [6, 6.07) is 15.5. The fourth-order valence-electron chi connectivity index (χ4n) is 6.27. The van der Waals surface area contributed by atoms with Crippen LogP contribution in [-0.2, 0) is 14.3 Å². The maximum atomic E-state index is 13.1. The van der Waals surface area contributed by atoms with E-state index in [1.54, 1.807) is 0 Å². The van der Waals surface area contributed by atoms with E-state index < -0.39 is 29.1 Å². The zero-order valence-electron chi connectivity index (χ0n) is 20.3. The summed E-state index contributed by atoms with van der Waals surface area (Å²) in [6.45, 7) is 4.33. The van der Waals surface area contributed by atoms with Gasteiger partial charge in [0, 0.05) is 17.9 Å². The number of carboxylic acid groups (broad SMARTS) is 1. The molecule has 2 aromatic rings. The zero-order chi connectivity index (χ0) is 24.8. The lowest BCUT2D eigenvalue weighted by Gasteiger charge is -2.52. The van der Waals surface area contributed by atoms with Gasteiger partial charge < -0.3 is 20.1 Å². The molecule has 7 heteroatoms. The van der Waals surface area contributed by atoms with E-state index in [9.17, 15) is 19.5 Å². The maximum Gasteiger partial charge on any atom is 0.407 e. The summed E-state index contributed by atoms with van der Waals surface area (Å²) in [6.07, 6.45) is 2.74. The summed E-state index contributed by atoms with van der Waals surface area (Å²) in [5, 5.41) is 12.6. The van der Waals surface area contributed by atoms with Crippen LogP contribution in [0.1, 0.15) is 63.0 Å². The van der Waals surface area contributed by atoms with Crippen molar-refractivity contribution in [1.29, 1.82) is 0 Å². The van der Waals surface area contributed by atoms with Crippen LogP contribution in [0.25, 0.3) is 11.1 Å². The molecule has 2 N–H and O–H groups in total. The number of carbonyl (C=O) groups is 3. The predicted molar refractivity (Wildman–Crippen MR) is 131 cm³/mol. The minimum atomic E-state index is -0.987. The fraction of sp³-hybridized carbons (Fsp3) is 0.464. The lowest BCUT2D eigenvalue weighted by molar-refractivity contribution is -0.172. The number of rotatable bonds is 6. The Balaban J connectivity index is 1.25. The van der Waals surface area contributed by atoms with Crippen LogP contribution >= 0.6 is 0 Å². The molecule has 1 saturated heterocycles. The summed E-state index contributed by atoms with van der Waals surface area (Å²) in [5.41, 5.74) is 3.48. The second-order valence-corrected chi connectivity index (χ2v) is 10.9. The molecule has 2 aromatic carbocycles. The van der Waals surface area contributed by atoms with E-state index in [0.29, 0.717) is 19.4 Å². The predicted octanol–water partition coefficient (Wildman–Crippen LogP) is 4.55. The Morgan fingerprint density at radius 3 is 2.11 bits per heavy atom. The number of carbonyl (C=O) groups excluding carboxylic acids is 2. The van der Waals surface area contributed by atoms with E-state index in [2.05, 4.69) is 29.6 Å². The third-order valence-electron chi connectivity index (χ3n) is 7.95. The van der Waals surface area contributed by atoms with Crippen molar-refractivity contribution in [3.63, 3.8) is 0 Å². The number of benzene rings is 2. The van der Waals surface area contributed by atoms with Crippen LogP contribution in [0.2, 0.25) is 0 Å². The SMILES string of the molecule is CC1(C)CN(C(=O)CC2(NC(=O)OCC3c4ccccc4-c4ccccc43)CCCC2)C1C(=O)O. The van der Waals surface area contributed by atoms with Crippen LogP contribution in [0.15, 0.2) is 48.5 Å². The molecule has 1 unspecified atom stereocenters. The first kappa shape index (κ1) is 23.4. The van der Waals surface area contributed by atoms with E-state index in [0.717, 1.165) is 24.0 Å². The molecular weight excluding hydrogens is 444 g/mol. The molecule has 2 amide bonds. The van der Waals surface area contributed by atoms with Crippen molar-refractivity contribution in [1.82, 2.24) is 10.2 Å². The van der Waals surface area contributed by atoms with E-state index >= 15 is 0 Å². The van der Waals surface area contributed by atoms with Gasteiger partial charge in [-0.15, -0.1) is 0 Å². The number of aliphatic carboxylic acids is 1. The van der Waals surface area contributed by atoms with Crippen LogP contribution in [-0.4, -0.2) is 52.7 Å². The van der Waals surface area contributed by atoms with Gasteiger partial charge >= 0.3 is 12.1 Å². The maximum absolute atomic E-state index is 13.1. The van der Waals surface area contributed by atoms with E-state index in [4.69, 9.17) is 4.74 Å². The van der Waals surface area contributed by atoms with Gasteiger partial charge in [0.05, 0.1) is 12.0 Å². The highest BCUT2D eigenvalue weighted by Crippen LogP contribution is 2.45. The van der Waals surface area contributed by atoms with E-state index in [1.807, 2.05) is 38.1 Å². The molecule has 0 radical (unpaired) electrons. The van der Waals surface area contributed by atoms with Crippen molar-refractivity contribution in [2.45, 2.75) is 63.5 Å². The van der Waals surface area contributed by atoms with Crippen molar-refractivity contribution in [3.8, 4) is 11.1 Å². The Hall–Kier alpha value is -3.35. The van der Waals surface area contributed by atoms with Gasteiger partial charge in [0.1, 0.15) is 12.6 Å². The largest absolute Gasteiger partial charge is 0.480 e. The summed E-state index contributed by atoms with van der Waals surface area (Å²) in [4.78, 5) is 39.2. The first-order valence-corrected chi connectivity index (χ1v) is 12.4. The van der Waals surface area contributed by atoms with Gasteiger partial charge in [0.15, 0.2) is 0 Å². The van der Waals surface area contributed by atoms with Gasteiger partial charge in [-0.25, -0.2) is 9.59 Å². The molecule has 0 spiro atoms. The molecule has 5 rings (SSSR count). The van der Waals surface area contributed by atoms with Gasteiger partial charge in [-0.2, -0.15) is 0 Å².